The average Bonchev–Trinajstić information content (AvgIpc) is 2.77. The lowest BCUT2D eigenvalue weighted by atomic mass is 9.95. The number of benzene rings is 2. The van der Waals surface area contributed by atoms with Crippen molar-refractivity contribution in [1.29, 1.82) is 0 Å². The molecule has 2 aromatic carbocycles. The molecule has 8 heteroatoms. The minimum absolute atomic E-state index is 0.108. The summed E-state index contributed by atoms with van der Waals surface area (Å²) >= 11 is 6.21. The van der Waals surface area contributed by atoms with Crippen molar-refractivity contribution in [1.82, 2.24) is 9.62 Å². The minimum Gasteiger partial charge on any atom is -0.492 e. The third-order valence-corrected chi connectivity index (χ3v) is 8.46. The summed E-state index contributed by atoms with van der Waals surface area (Å²) in [6.07, 6.45) is 1.28. The Morgan fingerprint density at radius 3 is 2.55 bits per heavy atom. The molecular formula is C25H33ClN2O4S. The van der Waals surface area contributed by atoms with Crippen molar-refractivity contribution in [3.63, 3.8) is 0 Å². The largest absolute Gasteiger partial charge is 0.492 e. The summed E-state index contributed by atoms with van der Waals surface area (Å²) < 4.78 is 33.2. The first-order valence-corrected chi connectivity index (χ1v) is 13.2. The van der Waals surface area contributed by atoms with Gasteiger partial charge >= 0.3 is 0 Å². The molecule has 3 rings (SSSR count). The van der Waals surface area contributed by atoms with E-state index in [1.54, 1.807) is 6.07 Å². The van der Waals surface area contributed by atoms with Gasteiger partial charge in [0.25, 0.3) is 0 Å². The molecule has 180 valence electrons. The molecular weight excluding hydrogens is 460 g/mol. The summed E-state index contributed by atoms with van der Waals surface area (Å²) in [5.74, 6) is -0.0737. The number of hydrogen-bond acceptors (Lipinski definition) is 4. The van der Waals surface area contributed by atoms with E-state index in [1.165, 1.54) is 27.6 Å². The monoisotopic (exact) mass is 492 g/mol. The van der Waals surface area contributed by atoms with Crippen LogP contribution in [0, 0.1) is 26.7 Å². The highest BCUT2D eigenvalue weighted by molar-refractivity contribution is 7.89. The Labute approximate surface area is 202 Å². The summed E-state index contributed by atoms with van der Waals surface area (Å²) in [5, 5.41) is 3.35. The van der Waals surface area contributed by atoms with E-state index in [2.05, 4.69) is 31.3 Å². The Morgan fingerprint density at radius 2 is 1.88 bits per heavy atom. The van der Waals surface area contributed by atoms with Gasteiger partial charge in [-0.3, -0.25) is 4.79 Å². The fourth-order valence-corrected chi connectivity index (χ4v) is 6.15. The highest BCUT2D eigenvalue weighted by atomic mass is 35.5. The topological polar surface area (TPSA) is 75.7 Å². The first-order valence-electron chi connectivity index (χ1n) is 11.3. The number of amides is 1. The van der Waals surface area contributed by atoms with Gasteiger partial charge in [0.05, 0.1) is 28.5 Å². The molecule has 1 aliphatic rings. The second-order valence-electron chi connectivity index (χ2n) is 8.75. The first kappa shape index (κ1) is 25.5. The number of ether oxygens (including phenoxy) is 1. The molecule has 0 radical (unpaired) electrons. The van der Waals surface area contributed by atoms with Gasteiger partial charge in [-0.1, -0.05) is 23.7 Å². The number of nitrogens with one attached hydrogen (secondary N) is 1. The molecule has 1 aliphatic heterocycles. The number of hydrogen-bond donors (Lipinski definition) is 1. The zero-order chi connectivity index (χ0) is 24.3. The highest BCUT2D eigenvalue weighted by Crippen LogP contribution is 2.31. The number of carbonyl (C=O) groups is 1. The second kappa shape index (κ2) is 10.5. The Morgan fingerprint density at radius 1 is 1.18 bits per heavy atom. The maximum atomic E-state index is 13.2. The van der Waals surface area contributed by atoms with Crippen LogP contribution < -0.4 is 10.1 Å². The van der Waals surface area contributed by atoms with Crippen LogP contribution in [0.15, 0.2) is 35.2 Å². The standard InChI is InChI=1S/C25H33ClN2O4S/c1-6-32-24-10-9-21(14-23(24)26)33(30,31)28-11-7-8-20(15-28)25(29)27-19(5)22-13-17(3)16(2)12-18(22)4/h9-10,12-14,19-20H,6-8,11,15H2,1-5H3,(H,27,29)/t19-,20+/m0/s1. The molecule has 0 aromatic heterocycles. The van der Waals surface area contributed by atoms with Crippen LogP contribution in [0.3, 0.4) is 0 Å². The lowest BCUT2D eigenvalue weighted by Gasteiger charge is -2.32. The van der Waals surface area contributed by atoms with Crippen molar-refractivity contribution in [2.24, 2.45) is 5.92 Å². The van der Waals surface area contributed by atoms with Crippen molar-refractivity contribution in [3.05, 3.63) is 57.6 Å². The van der Waals surface area contributed by atoms with Crippen molar-refractivity contribution in [3.8, 4) is 5.75 Å². The SMILES string of the molecule is CCOc1ccc(S(=O)(=O)N2CCC[C@@H](C(=O)N[C@@H](C)c3cc(C)c(C)cc3C)C2)cc1Cl. The van der Waals surface area contributed by atoms with Gasteiger partial charge in [0.2, 0.25) is 15.9 Å². The van der Waals surface area contributed by atoms with E-state index in [-0.39, 0.29) is 28.4 Å². The van der Waals surface area contributed by atoms with E-state index in [1.807, 2.05) is 20.8 Å². The van der Waals surface area contributed by atoms with Gasteiger partial charge in [0, 0.05) is 13.1 Å². The number of piperidine rings is 1. The molecule has 0 aliphatic carbocycles. The Bertz CT molecular complexity index is 1130. The van der Waals surface area contributed by atoms with E-state index in [9.17, 15) is 13.2 Å². The third kappa shape index (κ3) is 5.70. The van der Waals surface area contributed by atoms with Crippen LogP contribution in [0.4, 0.5) is 0 Å². The number of sulfonamides is 1. The van der Waals surface area contributed by atoms with Crippen molar-refractivity contribution >= 4 is 27.5 Å². The fourth-order valence-electron chi connectivity index (χ4n) is 4.30. The van der Waals surface area contributed by atoms with Crippen molar-refractivity contribution in [2.45, 2.75) is 58.4 Å². The first-order chi connectivity index (χ1) is 15.5. The van der Waals surface area contributed by atoms with Gasteiger partial charge in [-0.2, -0.15) is 4.31 Å². The molecule has 0 bridgehead atoms. The molecule has 33 heavy (non-hydrogen) atoms. The summed E-state index contributed by atoms with van der Waals surface area (Å²) in [6.45, 7) is 10.9. The fraction of sp³-hybridized carbons (Fsp3) is 0.480. The molecule has 6 nitrogen and oxygen atoms in total. The average molecular weight is 493 g/mol. The van der Waals surface area contributed by atoms with Crippen LogP contribution in [0.1, 0.15) is 55.0 Å². The zero-order valence-electron chi connectivity index (χ0n) is 19.9. The van der Waals surface area contributed by atoms with Crippen LogP contribution >= 0.6 is 11.6 Å². The highest BCUT2D eigenvalue weighted by Gasteiger charge is 2.34. The lowest BCUT2D eigenvalue weighted by Crippen LogP contribution is -2.45. The predicted molar refractivity (Wildman–Crippen MR) is 131 cm³/mol. The van der Waals surface area contributed by atoms with Gasteiger partial charge in [0.1, 0.15) is 5.75 Å². The number of nitrogens with zero attached hydrogens (tertiary/aromatic N) is 1. The van der Waals surface area contributed by atoms with Crippen LogP contribution in [-0.4, -0.2) is 38.3 Å². The summed E-state index contributed by atoms with van der Waals surface area (Å²) in [5.41, 5.74) is 4.61. The zero-order valence-corrected chi connectivity index (χ0v) is 21.5. The Hall–Kier alpha value is -2.09. The van der Waals surface area contributed by atoms with Crippen molar-refractivity contribution < 1.29 is 17.9 Å². The van der Waals surface area contributed by atoms with E-state index in [0.29, 0.717) is 31.7 Å². The van der Waals surface area contributed by atoms with Gasteiger partial charge < -0.3 is 10.1 Å². The number of carbonyl (C=O) groups excluding carboxylic acids is 1. The molecule has 2 aromatic rings. The quantitative estimate of drug-likeness (QED) is 0.593. The van der Waals surface area contributed by atoms with Gasteiger partial charge in [-0.15, -0.1) is 0 Å². The normalized spacial score (nSPS) is 18.1. The molecule has 0 spiro atoms. The van der Waals surface area contributed by atoms with Crippen LogP contribution in [-0.2, 0) is 14.8 Å². The number of aryl methyl sites for hydroxylation is 3. The number of halogens is 1. The molecule has 0 unspecified atom stereocenters. The molecule has 0 saturated carbocycles. The van der Waals surface area contributed by atoms with E-state index in [4.69, 9.17) is 16.3 Å². The van der Waals surface area contributed by atoms with Gasteiger partial charge in [-0.25, -0.2) is 8.42 Å². The van der Waals surface area contributed by atoms with Crippen LogP contribution in [0.2, 0.25) is 5.02 Å². The summed E-state index contributed by atoms with van der Waals surface area (Å²) in [7, 11) is -3.77. The van der Waals surface area contributed by atoms with Crippen molar-refractivity contribution in [2.75, 3.05) is 19.7 Å². The molecule has 1 saturated heterocycles. The predicted octanol–water partition coefficient (Wildman–Crippen LogP) is 4.94. The molecule has 1 amide bonds. The van der Waals surface area contributed by atoms with E-state index >= 15 is 0 Å². The number of rotatable bonds is 7. The van der Waals surface area contributed by atoms with Gasteiger partial charge in [0.15, 0.2) is 0 Å². The van der Waals surface area contributed by atoms with Crippen LogP contribution in [0.25, 0.3) is 0 Å². The molecule has 1 fully saturated rings. The maximum Gasteiger partial charge on any atom is 0.243 e. The summed E-state index contributed by atoms with van der Waals surface area (Å²) in [4.78, 5) is 13.2. The molecule has 2 atom stereocenters. The Kier molecular flexibility index (Phi) is 8.08. The lowest BCUT2D eigenvalue weighted by molar-refractivity contribution is -0.126. The summed E-state index contributed by atoms with van der Waals surface area (Å²) in [6, 6.07) is 8.57. The van der Waals surface area contributed by atoms with E-state index < -0.39 is 15.9 Å². The Balaban J connectivity index is 1.72. The second-order valence-corrected chi connectivity index (χ2v) is 11.1. The minimum atomic E-state index is -3.77. The van der Waals surface area contributed by atoms with Crippen LogP contribution in [0.5, 0.6) is 5.75 Å². The smallest absolute Gasteiger partial charge is 0.243 e. The van der Waals surface area contributed by atoms with E-state index in [0.717, 1.165) is 11.1 Å². The molecule has 1 N–H and O–H groups in total. The third-order valence-electron chi connectivity index (χ3n) is 6.30. The maximum absolute atomic E-state index is 13.2. The van der Waals surface area contributed by atoms with Gasteiger partial charge in [-0.05, 0) is 87.9 Å². The molecule has 1 heterocycles.